The molecule has 15 nitrogen and oxygen atoms in total. The number of aldehydes is 2. The molecule has 7 heterocycles. The summed E-state index contributed by atoms with van der Waals surface area (Å²) >= 11 is 0. The third-order valence-electron chi connectivity index (χ3n) is 12.5. The highest BCUT2D eigenvalue weighted by molar-refractivity contribution is 5.83. The molecule has 4 aliphatic heterocycles. The predicted molar refractivity (Wildman–Crippen MR) is 264 cm³/mol. The number of halogens is 1. The van der Waals surface area contributed by atoms with Crippen molar-refractivity contribution in [2.45, 2.75) is 39.3 Å². The lowest BCUT2D eigenvalue weighted by atomic mass is 9.78. The monoisotopic (exact) mass is 952 g/mol. The van der Waals surface area contributed by atoms with Crippen LogP contribution in [0.4, 0.5) is 21.8 Å². The van der Waals surface area contributed by atoms with E-state index in [1.165, 1.54) is 6.07 Å². The van der Waals surface area contributed by atoms with E-state index >= 15 is 0 Å². The van der Waals surface area contributed by atoms with Crippen molar-refractivity contribution in [3.63, 3.8) is 0 Å². The summed E-state index contributed by atoms with van der Waals surface area (Å²) in [5, 5.41) is 19.6. The van der Waals surface area contributed by atoms with Gasteiger partial charge in [0.15, 0.2) is 12.6 Å². The third-order valence-corrected chi connectivity index (χ3v) is 12.5. The van der Waals surface area contributed by atoms with E-state index in [4.69, 9.17) is 23.7 Å². The van der Waals surface area contributed by atoms with Gasteiger partial charge < -0.3 is 48.6 Å². The second-order valence-electron chi connectivity index (χ2n) is 17.4. The van der Waals surface area contributed by atoms with Crippen molar-refractivity contribution in [2.75, 3.05) is 80.4 Å². The Morgan fingerprint density at radius 2 is 1.13 bits per heavy atom. The first-order valence-electron chi connectivity index (χ1n) is 23.2. The number of alkyl halides is 1. The number of phenolic OH excluding ortho intramolecular Hbond substituents is 2. The number of hydrogen-bond donors (Lipinski definition) is 2. The van der Waals surface area contributed by atoms with E-state index in [1.807, 2.05) is 72.6 Å². The Morgan fingerprint density at radius 1 is 0.643 bits per heavy atom. The van der Waals surface area contributed by atoms with Crippen molar-refractivity contribution in [1.29, 1.82) is 0 Å². The number of morpholine rings is 1. The Hall–Kier alpha value is -7.56. The molecule has 16 heteroatoms. The topological polar surface area (TPSA) is 169 Å². The maximum absolute atomic E-state index is 13.4. The quantitative estimate of drug-likeness (QED) is 0.0945. The Morgan fingerprint density at radius 3 is 1.61 bits per heavy atom. The molecule has 0 bridgehead atoms. The molecule has 70 heavy (non-hydrogen) atoms. The molecule has 0 unspecified atom stereocenters. The molecule has 0 aliphatic carbocycles. The number of rotatable bonds is 15. The highest BCUT2D eigenvalue weighted by Crippen LogP contribution is 2.41. The fourth-order valence-electron chi connectivity index (χ4n) is 8.69. The first kappa shape index (κ1) is 48.9. The van der Waals surface area contributed by atoms with Crippen LogP contribution < -0.4 is 28.9 Å². The Labute approximate surface area is 406 Å². The fourth-order valence-corrected chi connectivity index (χ4v) is 8.69. The highest BCUT2D eigenvalue weighted by Gasteiger charge is 2.49. The SMILES string of the molecule is C=Cc1c(O)cccc1OCc1cccnc1N1CC2(COC2)C1.Cc1cccc(OCc2cccnc2N2CCOCC2)c1C=O.O=Cc1c(O)cccc1OCc1cccnc1N1CC[C@@H](F)C1. The van der Waals surface area contributed by atoms with Crippen LogP contribution in [0.15, 0.2) is 116 Å². The molecule has 4 aliphatic rings. The zero-order valence-corrected chi connectivity index (χ0v) is 39.1. The first-order chi connectivity index (χ1) is 34.2. The van der Waals surface area contributed by atoms with Crippen molar-refractivity contribution in [3.8, 4) is 28.7 Å². The van der Waals surface area contributed by atoms with Gasteiger partial charge in [0.25, 0.3) is 0 Å². The fraction of sp³-hybridized carbons (Fsp3) is 0.315. The highest BCUT2D eigenvalue weighted by atomic mass is 19.1. The maximum Gasteiger partial charge on any atom is 0.157 e. The van der Waals surface area contributed by atoms with E-state index in [0.717, 1.165) is 79.6 Å². The number of hydrogen-bond acceptors (Lipinski definition) is 15. The number of ether oxygens (including phenoxy) is 5. The molecular weight excluding hydrogens is 896 g/mol. The molecule has 3 aromatic carbocycles. The maximum atomic E-state index is 13.4. The van der Waals surface area contributed by atoms with E-state index in [2.05, 4.69) is 31.3 Å². The van der Waals surface area contributed by atoms with Gasteiger partial charge in [-0.1, -0.05) is 55.1 Å². The van der Waals surface area contributed by atoms with Crippen LogP contribution in [0.2, 0.25) is 0 Å². The number of carbonyl (C=O) groups is 2. The van der Waals surface area contributed by atoms with Gasteiger partial charge in [0.05, 0.1) is 55.1 Å². The standard InChI is InChI=1S/C19H20N2O3.C18H20N2O3.C17H17FN2O3/c1-2-15-16(22)6-3-7-17(15)24-9-14-5-4-8-20-18(14)21-10-19(11-21)12-23-13-19;1-14-4-2-6-17(16(14)12-21)23-13-15-5-3-7-19-18(15)20-8-10-22-11-9-20;18-13-6-8-20(9-13)17-12(3-2-7-19-17)11-23-16-5-1-4-15(22)14(16)10-21/h2-8,22H,1,9-13H2;2-7,12H,8-11,13H2,1H3;1-5,7,10,13,22H,6,8-9,11H2/t;;13-/m..1/s1. The lowest BCUT2D eigenvalue weighted by Gasteiger charge is -2.55. The summed E-state index contributed by atoms with van der Waals surface area (Å²) in [4.78, 5) is 42.1. The number of aryl methyl sites for hydroxylation is 1. The van der Waals surface area contributed by atoms with E-state index in [9.17, 15) is 24.2 Å². The minimum Gasteiger partial charge on any atom is -0.507 e. The van der Waals surface area contributed by atoms with Crippen LogP contribution in [0.3, 0.4) is 0 Å². The van der Waals surface area contributed by atoms with Crippen LogP contribution in [-0.4, -0.2) is 110 Å². The van der Waals surface area contributed by atoms with E-state index in [-0.39, 0.29) is 23.7 Å². The Kier molecular flexibility index (Phi) is 16.2. The van der Waals surface area contributed by atoms with Crippen LogP contribution in [-0.2, 0) is 29.3 Å². The van der Waals surface area contributed by atoms with Crippen LogP contribution in [0.1, 0.15) is 55.0 Å². The van der Waals surface area contributed by atoms with E-state index < -0.39 is 6.17 Å². The van der Waals surface area contributed by atoms with Crippen molar-refractivity contribution >= 4 is 36.1 Å². The van der Waals surface area contributed by atoms with Gasteiger partial charge >= 0.3 is 0 Å². The molecule has 2 N–H and O–H groups in total. The summed E-state index contributed by atoms with van der Waals surface area (Å²) in [6.45, 7) is 14.3. The normalized spacial score (nSPS) is 16.6. The summed E-state index contributed by atoms with van der Waals surface area (Å²) in [6, 6.07) is 27.0. The average molecular weight is 953 g/mol. The second kappa shape index (κ2) is 23.2. The third kappa shape index (κ3) is 11.6. The van der Waals surface area contributed by atoms with Gasteiger partial charge in [-0.3, -0.25) is 9.59 Å². The number of carbonyl (C=O) groups excluding carboxylic acids is 2. The molecule has 4 fully saturated rings. The minimum atomic E-state index is -0.835. The van der Waals surface area contributed by atoms with E-state index in [0.29, 0.717) is 91.8 Å². The Bertz CT molecular complexity index is 2640. The van der Waals surface area contributed by atoms with Gasteiger partial charge in [0.2, 0.25) is 0 Å². The zero-order chi connectivity index (χ0) is 48.9. The van der Waals surface area contributed by atoms with Crippen molar-refractivity contribution in [2.24, 2.45) is 5.41 Å². The largest absolute Gasteiger partial charge is 0.507 e. The van der Waals surface area contributed by atoms with Crippen molar-refractivity contribution < 1.29 is 47.9 Å². The molecule has 1 atom stereocenters. The van der Waals surface area contributed by atoms with Gasteiger partial charge in [-0.25, -0.2) is 19.3 Å². The summed E-state index contributed by atoms with van der Waals surface area (Å²) in [6.07, 6.45) is 7.93. The molecule has 0 saturated carbocycles. The van der Waals surface area contributed by atoms with E-state index in [1.54, 1.807) is 48.8 Å². The van der Waals surface area contributed by atoms with Gasteiger partial charge in [-0.15, -0.1) is 0 Å². The first-order valence-corrected chi connectivity index (χ1v) is 23.2. The van der Waals surface area contributed by atoms with Crippen LogP contribution in [0.5, 0.6) is 28.7 Å². The number of anilines is 3. The number of pyridine rings is 3. The van der Waals surface area contributed by atoms with Crippen molar-refractivity contribution in [3.05, 3.63) is 155 Å². The lowest BCUT2D eigenvalue weighted by Crippen LogP contribution is -2.66. The molecule has 1 spiro atoms. The smallest absolute Gasteiger partial charge is 0.157 e. The minimum absolute atomic E-state index is 0.114. The molecule has 10 rings (SSSR count). The molecule has 0 amide bonds. The van der Waals surface area contributed by atoms with Gasteiger partial charge in [0, 0.05) is 68.0 Å². The van der Waals surface area contributed by atoms with Crippen LogP contribution >= 0.6 is 0 Å². The number of aromatic hydroxyl groups is 2. The number of phenols is 2. The Balaban J connectivity index is 0.000000141. The molecule has 364 valence electrons. The molecule has 0 radical (unpaired) electrons. The van der Waals surface area contributed by atoms with Crippen LogP contribution in [0.25, 0.3) is 6.08 Å². The summed E-state index contributed by atoms with van der Waals surface area (Å²) < 4.78 is 41.6. The molecular formula is C54H57FN6O9. The molecule has 4 saturated heterocycles. The summed E-state index contributed by atoms with van der Waals surface area (Å²) in [5.74, 6) is 4.17. The second-order valence-corrected chi connectivity index (χ2v) is 17.4. The number of aromatic nitrogens is 3. The van der Waals surface area contributed by atoms with Gasteiger partial charge in [0.1, 0.15) is 72.2 Å². The average Bonchev–Trinajstić information content (AvgIpc) is 3.80. The van der Waals surface area contributed by atoms with Gasteiger partial charge in [-0.05, 0) is 67.4 Å². The molecule has 6 aromatic rings. The van der Waals surface area contributed by atoms with Crippen molar-refractivity contribution in [1.82, 2.24) is 15.0 Å². The van der Waals surface area contributed by atoms with Crippen LogP contribution in [0, 0.1) is 12.3 Å². The van der Waals surface area contributed by atoms with Gasteiger partial charge in [-0.2, -0.15) is 0 Å². The number of nitrogens with zero attached hydrogens (tertiary/aromatic N) is 6. The molecule has 3 aromatic heterocycles. The zero-order valence-electron chi connectivity index (χ0n) is 39.1. The predicted octanol–water partition coefficient (Wildman–Crippen LogP) is 8.19. The summed E-state index contributed by atoms with van der Waals surface area (Å²) in [7, 11) is 0. The summed E-state index contributed by atoms with van der Waals surface area (Å²) in [5.41, 5.74) is 5.43. The number of benzene rings is 3. The lowest BCUT2D eigenvalue weighted by molar-refractivity contribution is -0.127.